The molecular formula is C12H15N3OS. The lowest BCUT2D eigenvalue weighted by molar-refractivity contribution is -0.119. The van der Waals surface area contributed by atoms with Crippen LogP contribution in [0, 0.1) is 11.3 Å². The average molecular weight is 249 g/mol. The van der Waals surface area contributed by atoms with Crippen molar-refractivity contribution in [2.45, 2.75) is 4.90 Å². The molecule has 0 saturated carbocycles. The fraction of sp³-hybridized carbons (Fsp3) is 0.333. The normalized spacial score (nSPS) is 9.59. The molecule has 0 aliphatic carbocycles. The average Bonchev–Trinajstić information content (AvgIpc) is 2.37. The van der Waals surface area contributed by atoms with Gasteiger partial charge in [0, 0.05) is 17.2 Å². The molecule has 0 heterocycles. The molecular weight excluding hydrogens is 234 g/mol. The van der Waals surface area contributed by atoms with Gasteiger partial charge in [-0.1, -0.05) is 18.2 Å². The van der Waals surface area contributed by atoms with Gasteiger partial charge in [-0.25, -0.2) is 0 Å². The molecule has 0 aromatic heterocycles. The molecule has 1 amide bonds. The van der Waals surface area contributed by atoms with E-state index in [0.29, 0.717) is 0 Å². The highest BCUT2D eigenvalue weighted by Gasteiger charge is 1.98. The molecule has 0 atom stereocenters. The minimum atomic E-state index is -0.142. The molecule has 0 aliphatic heterocycles. The largest absolute Gasteiger partial charge is 0.342 e. The Morgan fingerprint density at radius 1 is 1.35 bits per heavy atom. The van der Waals surface area contributed by atoms with Crippen LogP contribution in [0.15, 0.2) is 35.2 Å². The highest BCUT2D eigenvalue weighted by atomic mass is 32.2. The minimum Gasteiger partial charge on any atom is -0.342 e. The summed E-state index contributed by atoms with van der Waals surface area (Å²) in [5.41, 5.74) is 0. The van der Waals surface area contributed by atoms with Crippen LogP contribution >= 0.6 is 11.8 Å². The predicted octanol–water partition coefficient (Wildman–Crippen LogP) is 1.01. The lowest BCUT2D eigenvalue weighted by Gasteiger charge is -2.04. The van der Waals surface area contributed by atoms with E-state index in [9.17, 15) is 4.79 Å². The van der Waals surface area contributed by atoms with E-state index in [-0.39, 0.29) is 19.0 Å². The van der Waals surface area contributed by atoms with Crippen LogP contribution in [0.4, 0.5) is 0 Å². The van der Waals surface area contributed by atoms with E-state index in [2.05, 4.69) is 22.8 Å². The Morgan fingerprint density at radius 2 is 2.12 bits per heavy atom. The van der Waals surface area contributed by atoms with Gasteiger partial charge in [-0.05, 0) is 12.1 Å². The molecule has 5 heteroatoms. The molecule has 90 valence electrons. The van der Waals surface area contributed by atoms with Gasteiger partial charge in [-0.2, -0.15) is 5.26 Å². The zero-order valence-corrected chi connectivity index (χ0v) is 10.3. The SMILES string of the molecule is N#CCNC(=O)CNCCSc1ccccc1. The van der Waals surface area contributed by atoms with Gasteiger partial charge in [0.25, 0.3) is 0 Å². The van der Waals surface area contributed by atoms with Gasteiger partial charge in [0.2, 0.25) is 5.91 Å². The fourth-order valence-electron chi connectivity index (χ4n) is 1.16. The number of amides is 1. The van der Waals surface area contributed by atoms with Gasteiger partial charge in [-0.3, -0.25) is 4.79 Å². The van der Waals surface area contributed by atoms with Crippen LogP contribution in [0.5, 0.6) is 0 Å². The van der Waals surface area contributed by atoms with Gasteiger partial charge in [0.15, 0.2) is 0 Å². The van der Waals surface area contributed by atoms with E-state index in [1.54, 1.807) is 11.8 Å². The maximum Gasteiger partial charge on any atom is 0.234 e. The number of nitrogens with zero attached hydrogens (tertiary/aromatic N) is 1. The van der Waals surface area contributed by atoms with Crippen LogP contribution in [0.2, 0.25) is 0 Å². The van der Waals surface area contributed by atoms with Crippen LogP contribution in [-0.4, -0.2) is 31.3 Å². The molecule has 2 N–H and O–H groups in total. The number of thioether (sulfide) groups is 1. The molecule has 1 aromatic rings. The molecule has 0 radical (unpaired) electrons. The second-order valence-electron chi connectivity index (χ2n) is 3.27. The lowest BCUT2D eigenvalue weighted by Crippen LogP contribution is -2.34. The molecule has 0 spiro atoms. The van der Waals surface area contributed by atoms with Crippen molar-refractivity contribution in [2.75, 3.05) is 25.4 Å². The number of carbonyl (C=O) groups excluding carboxylic acids is 1. The topological polar surface area (TPSA) is 64.9 Å². The zero-order valence-electron chi connectivity index (χ0n) is 9.48. The molecule has 0 saturated heterocycles. The highest BCUT2D eigenvalue weighted by molar-refractivity contribution is 7.99. The summed E-state index contributed by atoms with van der Waals surface area (Å²) in [7, 11) is 0. The van der Waals surface area contributed by atoms with Crippen LogP contribution in [0.1, 0.15) is 0 Å². The first kappa shape index (κ1) is 13.6. The summed E-state index contributed by atoms with van der Waals surface area (Å²) in [5.74, 6) is 0.770. The van der Waals surface area contributed by atoms with Crippen molar-refractivity contribution in [1.29, 1.82) is 5.26 Å². The zero-order chi connectivity index (χ0) is 12.3. The summed E-state index contributed by atoms with van der Waals surface area (Å²) in [6, 6.07) is 12.0. The van der Waals surface area contributed by atoms with Gasteiger partial charge in [0.05, 0.1) is 12.6 Å². The number of nitrogens with one attached hydrogen (secondary N) is 2. The first-order valence-electron chi connectivity index (χ1n) is 5.35. The van der Waals surface area contributed by atoms with E-state index in [4.69, 9.17) is 5.26 Å². The van der Waals surface area contributed by atoms with Gasteiger partial charge < -0.3 is 10.6 Å². The van der Waals surface area contributed by atoms with E-state index in [1.165, 1.54) is 4.90 Å². The van der Waals surface area contributed by atoms with Gasteiger partial charge in [-0.15, -0.1) is 11.8 Å². The first-order valence-corrected chi connectivity index (χ1v) is 6.33. The smallest absolute Gasteiger partial charge is 0.234 e. The van der Waals surface area contributed by atoms with Crippen LogP contribution in [0.25, 0.3) is 0 Å². The summed E-state index contributed by atoms with van der Waals surface area (Å²) in [5, 5.41) is 13.8. The standard InChI is InChI=1S/C12H15N3OS/c13-6-7-15-12(16)10-14-8-9-17-11-4-2-1-3-5-11/h1-5,14H,7-10H2,(H,15,16). The first-order chi connectivity index (χ1) is 8.33. The Labute approximate surface area is 105 Å². The van der Waals surface area contributed by atoms with Crippen molar-refractivity contribution >= 4 is 17.7 Å². The van der Waals surface area contributed by atoms with Crippen molar-refractivity contribution in [1.82, 2.24) is 10.6 Å². The van der Waals surface area contributed by atoms with E-state index >= 15 is 0 Å². The molecule has 0 unspecified atom stereocenters. The maximum atomic E-state index is 11.1. The van der Waals surface area contributed by atoms with Gasteiger partial charge in [0.1, 0.15) is 6.54 Å². The van der Waals surface area contributed by atoms with Crippen molar-refractivity contribution < 1.29 is 4.79 Å². The van der Waals surface area contributed by atoms with E-state index in [0.717, 1.165) is 12.3 Å². The maximum absolute atomic E-state index is 11.1. The summed E-state index contributed by atoms with van der Waals surface area (Å²) in [4.78, 5) is 12.3. The monoisotopic (exact) mass is 249 g/mol. The van der Waals surface area contributed by atoms with E-state index < -0.39 is 0 Å². The third-order valence-electron chi connectivity index (χ3n) is 1.94. The minimum absolute atomic E-state index is 0.0687. The molecule has 1 aromatic carbocycles. The Morgan fingerprint density at radius 3 is 2.82 bits per heavy atom. The number of rotatable bonds is 7. The summed E-state index contributed by atoms with van der Waals surface area (Å²) < 4.78 is 0. The molecule has 0 fully saturated rings. The Kier molecular flexibility index (Phi) is 6.87. The van der Waals surface area contributed by atoms with Crippen molar-refractivity contribution in [3.63, 3.8) is 0 Å². The summed E-state index contributed by atoms with van der Waals surface area (Å²) in [6.45, 7) is 1.09. The van der Waals surface area contributed by atoms with Crippen molar-refractivity contribution in [3.05, 3.63) is 30.3 Å². The fourth-order valence-corrected chi connectivity index (χ4v) is 1.99. The lowest BCUT2D eigenvalue weighted by atomic mass is 10.4. The quantitative estimate of drug-likeness (QED) is 0.430. The highest BCUT2D eigenvalue weighted by Crippen LogP contribution is 2.15. The molecule has 0 aliphatic rings. The third kappa shape index (κ3) is 6.61. The van der Waals surface area contributed by atoms with Crippen LogP contribution < -0.4 is 10.6 Å². The second-order valence-corrected chi connectivity index (χ2v) is 4.44. The Balaban J connectivity index is 2.02. The molecule has 1 rings (SSSR count). The van der Waals surface area contributed by atoms with E-state index in [1.807, 2.05) is 24.3 Å². The molecule has 4 nitrogen and oxygen atoms in total. The number of hydrogen-bond acceptors (Lipinski definition) is 4. The molecule has 0 bridgehead atoms. The summed E-state index contributed by atoms with van der Waals surface area (Å²) >= 11 is 1.74. The molecule has 17 heavy (non-hydrogen) atoms. The third-order valence-corrected chi connectivity index (χ3v) is 2.95. The summed E-state index contributed by atoms with van der Waals surface area (Å²) in [6.07, 6.45) is 0. The van der Waals surface area contributed by atoms with Crippen LogP contribution in [-0.2, 0) is 4.79 Å². The van der Waals surface area contributed by atoms with Crippen LogP contribution in [0.3, 0.4) is 0 Å². The van der Waals surface area contributed by atoms with Gasteiger partial charge >= 0.3 is 0 Å². The number of hydrogen-bond donors (Lipinski definition) is 2. The van der Waals surface area contributed by atoms with Crippen molar-refractivity contribution in [3.8, 4) is 6.07 Å². The Hall–Kier alpha value is -1.51. The number of benzene rings is 1. The Bertz CT molecular complexity index is 375. The predicted molar refractivity (Wildman–Crippen MR) is 68.7 cm³/mol. The van der Waals surface area contributed by atoms with Crippen molar-refractivity contribution in [2.24, 2.45) is 0 Å². The second kappa shape index (κ2) is 8.62. The number of carbonyl (C=O) groups is 1. The number of nitriles is 1.